The van der Waals surface area contributed by atoms with Crippen molar-refractivity contribution < 1.29 is 9.72 Å². The van der Waals surface area contributed by atoms with E-state index < -0.39 is 4.92 Å². The van der Waals surface area contributed by atoms with E-state index in [9.17, 15) is 14.9 Å². The molecule has 0 bridgehead atoms. The van der Waals surface area contributed by atoms with E-state index in [1.54, 1.807) is 6.07 Å². The number of nitro benzene ring substituents is 1. The molecule has 0 saturated heterocycles. The fraction of sp³-hybridized carbons (Fsp3) is 0. The van der Waals surface area contributed by atoms with Crippen molar-refractivity contribution in [1.29, 1.82) is 0 Å². The van der Waals surface area contributed by atoms with Crippen molar-refractivity contribution in [2.75, 3.05) is 5.32 Å². The Labute approximate surface area is 129 Å². The summed E-state index contributed by atoms with van der Waals surface area (Å²) < 4.78 is 1.85. The molecule has 0 unspecified atom stereocenters. The average molecular weight is 313 g/mol. The molecule has 0 fully saturated rings. The Bertz CT molecular complexity index is 824. The van der Waals surface area contributed by atoms with Gasteiger partial charge in [-0.1, -0.05) is 6.07 Å². The van der Waals surface area contributed by atoms with Gasteiger partial charge in [0, 0.05) is 30.2 Å². The van der Waals surface area contributed by atoms with E-state index in [-0.39, 0.29) is 11.6 Å². The van der Waals surface area contributed by atoms with Crippen LogP contribution in [0, 0.1) is 10.1 Å². The molecule has 2 aromatic heterocycles. The zero-order valence-electron chi connectivity index (χ0n) is 11.3. The summed E-state index contributed by atoms with van der Waals surface area (Å²) in [6, 6.07) is 11.5. The maximum Gasteiger partial charge on any atom is 0.271 e. The number of amides is 1. The highest BCUT2D eigenvalue weighted by molar-refractivity contribution is 7.12. The number of hydrogen-bond acceptors (Lipinski definition) is 4. The fourth-order valence-corrected chi connectivity index (χ4v) is 2.84. The van der Waals surface area contributed by atoms with Crippen LogP contribution < -0.4 is 5.32 Å². The lowest BCUT2D eigenvalue weighted by molar-refractivity contribution is -0.384. The summed E-state index contributed by atoms with van der Waals surface area (Å²) in [6.45, 7) is 0. The van der Waals surface area contributed by atoms with Crippen LogP contribution in [0.4, 0.5) is 11.4 Å². The molecule has 0 aliphatic heterocycles. The van der Waals surface area contributed by atoms with E-state index in [2.05, 4.69) is 5.32 Å². The van der Waals surface area contributed by atoms with Crippen molar-refractivity contribution in [2.45, 2.75) is 0 Å². The Morgan fingerprint density at radius 2 is 1.95 bits per heavy atom. The third-order valence-electron chi connectivity index (χ3n) is 3.05. The lowest BCUT2D eigenvalue weighted by Gasteiger charge is -2.07. The summed E-state index contributed by atoms with van der Waals surface area (Å²) in [5, 5.41) is 15.3. The third-order valence-corrected chi connectivity index (χ3v) is 3.95. The van der Waals surface area contributed by atoms with Gasteiger partial charge in [0.15, 0.2) is 0 Å². The standard InChI is InChI=1S/C15H11N3O3S/c19-15(16-11-4-3-5-12(10-11)18(20)21)14-13(6-9-22-14)17-7-1-2-8-17/h1-10H,(H,16,19). The number of anilines is 1. The van der Waals surface area contributed by atoms with Crippen LogP contribution in [0.2, 0.25) is 0 Å². The quantitative estimate of drug-likeness (QED) is 0.589. The molecule has 110 valence electrons. The number of nitro groups is 1. The number of nitrogens with zero attached hydrogens (tertiary/aromatic N) is 2. The molecular weight excluding hydrogens is 302 g/mol. The predicted molar refractivity (Wildman–Crippen MR) is 84.7 cm³/mol. The Balaban J connectivity index is 1.86. The summed E-state index contributed by atoms with van der Waals surface area (Å²) in [5.74, 6) is -0.292. The SMILES string of the molecule is O=C(Nc1cccc([N+](=O)[O-])c1)c1sccc1-n1cccc1. The van der Waals surface area contributed by atoms with E-state index in [1.807, 2.05) is 40.5 Å². The van der Waals surface area contributed by atoms with E-state index in [0.717, 1.165) is 5.69 Å². The highest BCUT2D eigenvalue weighted by atomic mass is 32.1. The lowest BCUT2D eigenvalue weighted by atomic mass is 10.2. The van der Waals surface area contributed by atoms with Gasteiger partial charge in [0.25, 0.3) is 11.6 Å². The van der Waals surface area contributed by atoms with Gasteiger partial charge in [0.1, 0.15) is 4.88 Å². The molecule has 6 nitrogen and oxygen atoms in total. The second kappa shape index (κ2) is 5.82. The van der Waals surface area contributed by atoms with Crippen molar-refractivity contribution in [3.63, 3.8) is 0 Å². The monoisotopic (exact) mass is 313 g/mol. The molecule has 0 aliphatic carbocycles. The van der Waals surface area contributed by atoms with Gasteiger partial charge >= 0.3 is 0 Å². The van der Waals surface area contributed by atoms with Crippen molar-refractivity contribution >= 4 is 28.6 Å². The summed E-state index contributed by atoms with van der Waals surface area (Å²) >= 11 is 1.32. The van der Waals surface area contributed by atoms with Gasteiger partial charge in [-0.3, -0.25) is 14.9 Å². The number of non-ortho nitro benzene ring substituents is 1. The first-order chi connectivity index (χ1) is 10.6. The molecule has 7 heteroatoms. The summed E-state index contributed by atoms with van der Waals surface area (Å²) in [5.41, 5.74) is 1.11. The van der Waals surface area contributed by atoms with Crippen molar-refractivity contribution in [3.05, 3.63) is 75.2 Å². The molecule has 1 amide bonds. The van der Waals surface area contributed by atoms with Crippen LogP contribution in [0.25, 0.3) is 5.69 Å². The van der Waals surface area contributed by atoms with E-state index in [1.165, 1.54) is 29.5 Å². The Morgan fingerprint density at radius 3 is 2.68 bits per heavy atom. The van der Waals surface area contributed by atoms with Crippen LogP contribution in [0.1, 0.15) is 9.67 Å². The van der Waals surface area contributed by atoms with Gasteiger partial charge in [-0.15, -0.1) is 11.3 Å². The molecule has 3 aromatic rings. The smallest absolute Gasteiger partial charge is 0.271 e. The number of carbonyl (C=O) groups excluding carboxylic acids is 1. The number of rotatable bonds is 4. The molecule has 3 rings (SSSR count). The van der Waals surface area contributed by atoms with Gasteiger partial charge in [0.05, 0.1) is 10.6 Å². The predicted octanol–water partition coefficient (Wildman–Crippen LogP) is 3.70. The third kappa shape index (κ3) is 2.75. The Hall–Kier alpha value is -2.93. The minimum atomic E-state index is -0.494. The zero-order valence-corrected chi connectivity index (χ0v) is 12.1. The molecule has 0 spiro atoms. The van der Waals surface area contributed by atoms with Crippen molar-refractivity contribution in [3.8, 4) is 5.69 Å². The fourth-order valence-electron chi connectivity index (χ4n) is 2.06. The summed E-state index contributed by atoms with van der Waals surface area (Å²) in [6.07, 6.45) is 3.71. The van der Waals surface area contributed by atoms with Crippen LogP contribution in [0.5, 0.6) is 0 Å². The number of hydrogen-bond donors (Lipinski definition) is 1. The molecule has 1 aromatic carbocycles. The average Bonchev–Trinajstić information content (AvgIpc) is 3.18. The van der Waals surface area contributed by atoms with E-state index >= 15 is 0 Å². The van der Waals surface area contributed by atoms with Crippen LogP contribution in [-0.2, 0) is 0 Å². The molecule has 0 atom stereocenters. The summed E-state index contributed by atoms with van der Waals surface area (Å²) in [7, 11) is 0. The van der Waals surface area contributed by atoms with Crippen molar-refractivity contribution in [1.82, 2.24) is 4.57 Å². The van der Waals surface area contributed by atoms with Crippen LogP contribution in [-0.4, -0.2) is 15.4 Å². The van der Waals surface area contributed by atoms with E-state index in [0.29, 0.717) is 10.6 Å². The van der Waals surface area contributed by atoms with Gasteiger partial charge in [0.2, 0.25) is 0 Å². The minimum absolute atomic E-state index is 0.0605. The molecular formula is C15H11N3O3S. The normalized spacial score (nSPS) is 10.4. The maximum atomic E-state index is 12.4. The van der Waals surface area contributed by atoms with Crippen LogP contribution in [0.3, 0.4) is 0 Å². The van der Waals surface area contributed by atoms with Crippen molar-refractivity contribution in [2.24, 2.45) is 0 Å². The number of thiophene rings is 1. The number of carbonyl (C=O) groups is 1. The molecule has 0 saturated carbocycles. The topological polar surface area (TPSA) is 77.2 Å². The van der Waals surface area contributed by atoms with Gasteiger partial charge in [-0.2, -0.15) is 0 Å². The largest absolute Gasteiger partial charge is 0.322 e. The maximum absolute atomic E-state index is 12.4. The number of aromatic nitrogens is 1. The Morgan fingerprint density at radius 1 is 1.18 bits per heavy atom. The van der Waals surface area contributed by atoms with E-state index in [4.69, 9.17) is 0 Å². The van der Waals surface area contributed by atoms with Gasteiger partial charge in [-0.25, -0.2) is 0 Å². The first kappa shape index (κ1) is 14.0. The lowest BCUT2D eigenvalue weighted by Crippen LogP contribution is -2.12. The molecule has 1 N–H and O–H groups in total. The second-order valence-corrected chi connectivity index (χ2v) is 5.40. The number of nitrogens with one attached hydrogen (secondary N) is 1. The Kier molecular flexibility index (Phi) is 3.71. The van der Waals surface area contributed by atoms with Crippen LogP contribution in [0.15, 0.2) is 60.2 Å². The zero-order chi connectivity index (χ0) is 15.5. The van der Waals surface area contributed by atoms with Gasteiger partial charge < -0.3 is 9.88 Å². The number of benzene rings is 1. The summed E-state index contributed by atoms with van der Waals surface area (Å²) in [4.78, 5) is 23.2. The highest BCUT2D eigenvalue weighted by Crippen LogP contribution is 2.24. The molecule has 22 heavy (non-hydrogen) atoms. The molecule has 0 radical (unpaired) electrons. The molecule has 0 aliphatic rings. The first-order valence-corrected chi connectivity index (χ1v) is 7.30. The highest BCUT2D eigenvalue weighted by Gasteiger charge is 2.15. The molecule has 2 heterocycles. The minimum Gasteiger partial charge on any atom is -0.322 e. The van der Waals surface area contributed by atoms with Gasteiger partial charge in [-0.05, 0) is 29.6 Å². The second-order valence-electron chi connectivity index (χ2n) is 4.49. The van der Waals surface area contributed by atoms with Crippen LogP contribution >= 0.6 is 11.3 Å². The first-order valence-electron chi connectivity index (χ1n) is 6.42.